The highest BCUT2D eigenvalue weighted by molar-refractivity contribution is 6.25. The first-order valence-electron chi connectivity index (χ1n) is 14.5. The topological polar surface area (TPSA) is 177 Å². The van der Waals surface area contributed by atoms with E-state index in [1.807, 2.05) is 25.1 Å². The first-order valence-corrected chi connectivity index (χ1v) is 14.5. The zero-order valence-corrected chi connectivity index (χ0v) is 24.2. The average molecular weight is 571 g/mol. The normalized spacial score (nSPS) is 32.0. The van der Waals surface area contributed by atoms with Crippen molar-refractivity contribution >= 4 is 28.9 Å². The number of anilines is 1. The summed E-state index contributed by atoms with van der Waals surface area (Å²) in [6.07, 6.45) is 4.49. The number of hydrogen-bond acceptors (Lipinski definition) is 10. The van der Waals surface area contributed by atoms with Crippen LogP contribution in [0, 0.1) is 17.8 Å². The summed E-state index contributed by atoms with van der Waals surface area (Å²) in [5, 5.41) is 49.4. The van der Waals surface area contributed by atoms with Gasteiger partial charge >= 0.3 is 0 Å². The summed E-state index contributed by atoms with van der Waals surface area (Å²) < 4.78 is 0. The van der Waals surface area contributed by atoms with Gasteiger partial charge in [-0.25, -0.2) is 0 Å². The lowest BCUT2D eigenvalue weighted by Gasteiger charge is -2.53. The predicted molar refractivity (Wildman–Crippen MR) is 152 cm³/mol. The number of phenolic OH excluding ortho intramolecular Hbond substituents is 1. The van der Waals surface area contributed by atoms with Gasteiger partial charge in [-0.1, -0.05) is 19.3 Å². The fourth-order valence-corrected chi connectivity index (χ4v) is 7.80. The minimum atomic E-state index is -2.66. The number of amides is 1. The standard InChI is InChI=1S/C30H42N4O7/c1-33(2)19-12-15(13-32-16-8-6-5-7-9-16)24(35)21-17(19)10-14-11-18-23(34(3)4)26(37)22(29(31)40)28(39)30(18,41)27(38)20(14)25(21)36/h12,14,16,18,22-23,26,32,35-37,41H,5-11,13H2,1-4H3,(H2,31,40)/t14-,18-,22?,23-,26-,30-/m0/s1. The number of phenols is 1. The van der Waals surface area contributed by atoms with E-state index in [0.717, 1.165) is 31.4 Å². The molecule has 6 atom stereocenters. The van der Waals surface area contributed by atoms with Crippen LogP contribution in [0.15, 0.2) is 11.6 Å². The van der Waals surface area contributed by atoms with Gasteiger partial charge in [0, 0.05) is 55.5 Å². The van der Waals surface area contributed by atoms with Crippen molar-refractivity contribution in [1.82, 2.24) is 10.2 Å². The van der Waals surface area contributed by atoms with Gasteiger partial charge in [-0.15, -0.1) is 0 Å². The highest BCUT2D eigenvalue weighted by Crippen LogP contribution is 2.53. The van der Waals surface area contributed by atoms with Crippen molar-refractivity contribution < 1.29 is 34.8 Å². The molecule has 3 fully saturated rings. The number of aliphatic hydroxyl groups is 3. The van der Waals surface area contributed by atoms with Gasteiger partial charge in [0.05, 0.1) is 11.7 Å². The second kappa shape index (κ2) is 10.7. The van der Waals surface area contributed by atoms with Gasteiger partial charge in [0.1, 0.15) is 17.4 Å². The molecule has 0 heterocycles. The number of Topliss-reactive ketones (excluding diaryl/α,β-unsaturated/α-hetero) is 2. The van der Waals surface area contributed by atoms with Crippen LogP contribution in [0.2, 0.25) is 0 Å². The summed E-state index contributed by atoms with van der Waals surface area (Å²) in [4.78, 5) is 43.3. The maximum atomic E-state index is 14.1. The van der Waals surface area contributed by atoms with E-state index in [1.54, 1.807) is 19.0 Å². The SMILES string of the molecule is CN(C)c1cc(CNC2CCCCC2)c(O)c2c1C[C@H]1C[C@H]3[C@H](N(C)C)[C@@H](O)C(C(N)=O)C(=O)[C@@]3(O)C(=O)C1=C2O. The molecule has 0 spiro atoms. The lowest BCUT2D eigenvalue weighted by Crippen LogP contribution is -2.73. The number of carbonyl (C=O) groups excluding carboxylic acids is 3. The maximum absolute atomic E-state index is 14.1. The number of carbonyl (C=O) groups is 3. The number of aliphatic hydroxyl groups excluding tert-OH is 2. The van der Waals surface area contributed by atoms with Crippen LogP contribution in [0.1, 0.15) is 55.2 Å². The monoisotopic (exact) mass is 570 g/mol. The number of hydrogen-bond donors (Lipinski definition) is 6. The zero-order chi connectivity index (χ0) is 30.0. The number of benzene rings is 1. The lowest BCUT2D eigenvalue weighted by molar-refractivity contribution is -0.184. The molecule has 1 unspecified atom stereocenters. The second-order valence-corrected chi connectivity index (χ2v) is 12.7. The third-order valence-corrected chi connectivity index (χ3v) is 9.81. The smallest absolute Gasteiger partial charge is 0.230 e. The van der Waals surface area contributed by atoms with E-state index in [2.05, 4.69) is 5.32 Å². The molecule has 3 saturated carbocycles. The molecule has 1 aromatic carbocycles. The van der Waals surface area contributed by atoms with Gasteiger partial charge < -0.3 is 41.3 Å². The third-order valence-electron chi connectivity index (χ3n) is 9.81. The van der Waals surface area contributed by atoms with Crippen molar-refractivity contribution in [2.24, 2.45) is 23.5 Å². The molecule has 0 aliphatic heterocycles. The summed E-state index contributed by atoms with van der Waals surface area (Å²) in [6, 6.07) is 1.32. The summed E-state index contributed by atoms with van der Waals surface area (Å²) in [5.41, 5.74) is 4.80. The van der Waals surface area contributed by atoms with Crippen molar-refractivity contribution in [1.29, 1.82) is 0 Å². The van der Waals surface area contributed by atoms with Crippen molar-refractivity contribution in [3.05, 3.63) is 28.3 Å². The molecule has 0 bridgehead atoms. The lowest BCUT2D eigenvalue weighted by atomic mass is 9.54. The van der Waals surface area contributed by atoms with Crippen LogP contribution in [0.4, 0.5) is 5.69 Å². The first-order chi connectivity index (χ1) is 19.3. The third kappa shape index (κ3) is 4.54. The zero-order valence-electron chi connectivity index (χ0n) is 24.2. The highest BCUT2D eigenvalue weighted by Gasteiger charge is 2.67. The maximum Gasteiger partial charge on any atom is 0.230 e. The molecule has 224 valence electrons. The first kappa shape index (κ1) is 29.5. The van der Waals surface area contributed by atoms with Crippen molar-refractivity contribution in [3.63, 3.8) is 0 Å². The van der Waals surface area contributed by atoms with Gasteiger partial charge in [0.25, 0.3) is 0 Å². The van der Waals surface area contributed by atoms with Crippen molar-refractivity contribution in [2.75, 3.05) is 33.1 Å². The van der Waals surface area contributed by atoms with E-state index >= 15 is 0 Å². The number of primary amides is 1. The minimum absolute atomic E-state index is 0.0941. The predicted octanol–water partition coefficient (Wildman–Crippen LogP) is 0.617. The highest BCUT2D eigenvalue weighted by atomic mass is 16.3. The molecule has 1 aromatic rings. The summed E-state index contributed by atoms with van der Waals surface area (Å²) >= 11 is 0. The Kier molecular flexibility index (Phi) is 7.69. The van der Waals surface area contributed by atoms with E-state index in [9.17, 15) is 34.8 Å². The van der Waals surface area contributed by atoms with Crippen LogP contribution in [-0.2, 0) is 27.3 Å². The molecule has 11 heteroatoms. The Morgan fingerprint density at radius 1 is 1.12 bits per heavy atom. The molecule has 1 amide bonds. The molecule has 5 rings (SSSR count). The number of rotatable bonds is 6. The van der Waals surface area contributed by atoms with Crippen LogP contribution in [0.5, 0.6) is 5.75 Å². The van der Waals surface area contributed by atoms with Gasteiger partial charge in [-0.05, 0) is 57.3 Å². The number of likely N-dealkylation sites (N-methyl/N-ethyl adjacent to an activating group) is 1. The Morgan fingerprint density at radius 3 is 2.37 bits per heavy atom. The number of nitrogens with two attached hydrogens (primary N) is 1. The second-order valence-electron chi connectivity index (χ2n) is 12.7. The van der Waals surface area contributed by atoms with Crippen LogP contribution in [0.3, 0.4) is 0 Å². The van der Waals surface area contributed by atoms with E-state index in [4.69, 9.17) is 5.73 Å². The fourth-order valence-electron chi connectivity index (χ4n) is 7.80. The van der Waals surface area contributed by atoms with Gasteiger partial charge in [0.15, 0.2) is 11.4 Å². The van der Waals surface area contributed by atoms with Gasteiger partial charge in [-0.2, -0.15) is 0 Å². The Morgan fingerprint density at radius 2 is 1.78 bits per heavy atom. The van der Waals surface area contributed by atoms with Gasteiger partial charge in [0.2, 0.25) is 11.7 Å². The largest absolute Gasteiger partial charge is 0.507 e. The van der Waals surface area contributed by atoms with Crippen molar-refractivity contribution in [2.45, 2.75) is 75.3 Å². The van der Waals surface area contributed by atoms with E-state index in [-0.39, 0.29) is 29.7 Å². The molecular formula is C30H42N4O7. The summed E-state index contributed by atoms with van der Waals surface area (Å²) in [7, 11) is 7.01. The Hall–Kier alpha value is -2.99. The number of nitrogens with zero attached hydrogens (tertiary/aromatic N) is 2. The van der Waals surface area contributed by atoms with E-state index in [0.29, 0.717) is 23.7 Å². The number of ketones is 2. The van der Waals surface area contributed by atoms with Gasteiger partial charge in [-0.3, -0.25) is 14.4 Å². The van der Waals surface area contributed by atoms with Crippen LogP contribution >= 0.6 is 0 Å². The molecule has 0 radical (unpaired) electrons. The van der Waals surface area contributed by atoms with E-state index in [1.165, 1.54) is 6.42 Å². The van der Waals surface area contributed by atoms with Crippen LogP contribution < -0.4 is 16.0 Å². The summed E-state index contributed by atoms with van der Waals surface area (Å²) in [6.45, 7) is 0.373. The molecular weight excluding hydrogens is 528 g/mol. The Balaban J connectivity index is 1.61. The summed E-state index contributed by atoms with van der Waals surface area (Å²) in [5.74, 6) is -7.32. The molecule has 0 aromatic heterocycles. The molecule has 11 nitrogen and oxygen atoms in total. The van der Waals surface area contributed by atoms with E-state index < -0.39 is 58.7 Å². The Bertz CT molecular complexity index is 1300. The minimum Gasteiger partial charge on any atom is -0.507 e. The number of aromatic hydroxyl groups is 1. The molecule has 0 saturated heterocycles. The molecule has 4 aliphatic carbocycles. The van der Waals surface area contributed by atoms with Crippen LogP contribution in [0.25, 0.3) is 5.76 Å². The Labute approximate surface area is 240 Å². The molecule has 7 N–H and O–H groups in total. The average Bonchev–Trinajstić information content (AvgIpc) is 2.90. The number of fused-ring (bicyclic) bond motifs is 3. The fraction of sp³-hybridized carbons (Fsp3) is 0.633. The van der Waals surface area contributed by atoms with Crippen LogP contribution in [-0.4, -0.2) is 94.8 Å². The molecule has 4 aliphatic rings. The quantitative estimate of drug-likeness (QED) is 0.266. The number of nitrogens with one attached hydrogen (secondary N) is 1. The van der Waals surface area contributed by atoms with Crippen molar-refractivity contribution in [3.8, 4) is 5.75 Å². The molecule has 41 heavy (non-hydrogen) atoms.